The Morgan fingerprint density at radius 3 is 2.46 bits per heavy atom. The monoisotopic (exact) mass is 429 g/mol. The zero-order valence-electron chi connectivity index (χ0n) is 16.8. The number of piperidine rings is 2. The molecule has 2 saturated heterocycles. The first kappa shape index (κ1) is 23.1. The Balaban J connectivity index is 0.00000280. The summed E-state index contributed by atoms with van der Waals surface area (Å²) in [6, 6.07) is 4.99. The van der Waals surface area contributed by atoms with Gasteiger partial charge in [-0.3, -0.25) is 4.79 Å². The molecule has 6 nitrogen and oxygen atoms in total. The maximum Gasteiger partial charge on any atom is 0.251 e. The number of nitrogens with zero attached hydrogens (tertiary/aromatic N) is 1. The number of sulfonamides is 1. The molecule has 2 aliphatic heterocycles. The van der Waals surface area contributed by atoms with Crippen molar-refractivity contribution in [1.29, 1.82) is 0 Å². The minimum absolute atomic E-state index is 0. The fourth-order valence-electron chi connectivity index (χ4n) is 3.87. The Labute approximate surface area is 174 Å². The van der Waals surface area contributed by atoms with Crippen LogP contribution in [0.15, 0.2) is 23.1 Å². The number of aryl methyl sites for hydroxylation is 1. The fourth-order valence-corrected chi connectivity index (χ4v) is 5.63. The Morgan fingerprint density at radius 2 is 1.82 bits per heavy atom. The van der Waals surface area contributed by atoms with Crippen LogP contribution in [0.4, 0.5) is 0 Å². The third kappa shape index (κ3) is 5.26. The number of amides is 1. The highest BCUT2D eigenvalue weighted by Crippen LogP contribution is 2.27. The fraction of sp³-hybridized carbons (Fsp3) is 0.650. The van der Waals surface area contributed by atoms with Crippen LogP contribution in [0.3, 0.4) is 0 Å². The van der Waals surface area contributed by atoms with Crippen molar-refractivity contribution in [2.45, 2.75) is 50.8 Å². The summed E-state index contributed by atoms with van der Waals surface area (Å²) in [6.45, 7) is 7.64. The highest BCUT2D eigenvalue weighted by Gasteiger charge is 2.29. The van der Waals surface area contributed by atoms with Gasteiger partial charge in [-0.1, -0.05) is 19.4 Å². The summed E-state index contributed by atoms with van der Waals surface area (Å²) in [5.41, 5.74) is 1.19. The van der Waals surface area contributed by atoms with Gasteiger partial charge < -0.3 is 10.6 Å². The molecule has 0 bridgehead atoms. The van der Waals surface area contributed by atoms with Crippen LogP contribution in [-0.2, 0) is 10.0 Å². The first-order valence-corrected chi connectivity index (χ1v) is 11.4. The molecule has 0 radical (unpaired) electrons. The van der Waals surface area contributed by atoms with Gasteiger partial charge in [-0.25, -0.2) is 8.42 Å². The highest BCUT2D eigenvalue weighted by molar-refractivity contribution is 7.89. The zero-order chi connectivity index (χ0) is 19.5. The van der Waals surface area contributed by atoms with E-state index in [9.17, 15) is 13.2 Å². The van der Waals surface area contributed by atoms with Gasteiger partial charge >= 0.3 is 0 Å². The lowest BCUT2D eigenvalue weighted by Gasteiger charge is -2.34. The standard InChI is InChI=1S/C20H31N3O3S.ClH/c1-16-6-7-17(19(24)22-15-20(2)8-10-21-11-9-20)14-18(16)27(25,26)23-12-4-3-5-13-23;/h6-7,14,21H,3-5,8-13,15H2,1-2H3,(H,22,24);1H. The van der Waals surface area contributed by atoms with Gasteiger partial charge in [0.25, 0.3) is 5.91 Å². The summed E-state index contributed by atoms with van der Waals surface area (Å²) in [5.74, 6) is -0.204. The molecule has 8 heteroatoms. The van der Waals surface area contributed by atoms with E-state index in [2.05, 4.69) is 17.6 Å². The summed E-state index contributed by atoms with van der Waals surface area (Å²) < 4.78 is 27.6. The maximum absolute atomic E-state index is 13.0. The average molecular weight is 430 g/mol. The molecule has 3 rings (SSSR count). The molecule has 0 aromatic heterocycles. The lowest BCUT2D eigenvalue weighted by molar-refractivity contribution is 0.0922. The van der Waals surface area contributed by atoms with Crippen molar-refractivity contribution in [3.05, 3.63) is 29.3 Å². The molecule has 1 amide bonds. The summed E-state index contributed by atoms with van der Waals surface area (Å²) >= 11 is 0. The molecular weight excluding hydrogens is 398 g/mol. The van der Waals surface area contributed by atoms with Gasteiger partial charge in [0.05, 0.1) is 4.90 Å². The Bertz CT molecular complexity index is 786. The van der Waals surface area contributed by atoms with E-state index in [-0.39, 0.29) is 28.6 Å². The van der Waals surface area contributed by atoms with Crippen LogP contribution in [0.5, 0.6) is 0 Å². The second-order valence-electron chi connectivity index (χ2n) is 8.19. The molecule has 2 aliphatic rings. The molecule has 2 N–H and O–H groups in total. The Morgan fingerprint density at radius 1 is 1.18 bits per heavy atom. The number of carbonyl (C=O) groups excluding carboxylic acids is 1. The van der Waals surface area contributed by atoms with E-state index in [1.165, 1.54) is 0 Å². The van der Waals surface area contributed by atoms with Gasteiger partial charge in [-0.15, -0.1) is 12.4 Å². The third-order valence-electron chi connectivity index (χ3n) is 5.87. The minimum atomic E-state index is -3.55. The van der Waals surface area contributed by atoms with Gasteiger partial charge in [0.15, 0.2) is 0 Å². The maximum atomic E-state index is 13.0. The van der Waals surface area contributed by atoms with Gasteiger partial charge in [-0.05, 0) is 68.8 Å². The zero-order valence-corrected chi connectivity index (χ0v) is 18.4. The van der Waals surface area contributed by atoms with E-state index in [4.69, 9.17) is 0 Å². The van der Waals surface area contributed by atoms with E-state index in [1.54, 1.807) is 29.4 Å². The second-order valence-corrected chi connectivity index (χ2v) is 10.1. The van der Waals surface area contributed by atoms with Crippen molar-refractivity contribution in [3.63, 3.8) is 0 Å². The molecule has 1 aromatic carbocycles. The lowest BCUT2D eigenvalue weighted by atomic mass is 9.81. The van der Waals surface area contributed by atoms with E-state index in [1.807, 2.05) is 0 Å². The third-order valence-corrected chi connectivity index (χ3v) is 7.91. The van der Waals surface area contributed by atoms with Crippen molar-refractivity contribution in [2.75, 3.05) is 32.7 Å². The molecule has 0 saturated carbocycles. The molecule has 158 valence electrons. The van der Waals surface area contributed by atoms with Crippen molar-refractivity contribution in [2.24, 2.45) is 5.41 Å². The first-order valence-electron chi connectivity index (χ1n) is 9.92. The number of nitrogens with one attached hydrogen (secondary N) is 2. The Kier molecular flexibility index (Phi) is 7.90. The van der Waals surface area contributed by atoms with Crippen LogP contribution in [-0.4, -0.2) is 51.4 Å². The van der Waals surface area contributed by atoms with E-state index < -0.39 is 10.0 Å². The molecule has 28 heavy (non-hydrogen) atoms. The van der Waals surface area contributed by atoms with Crippen LogP contribution >= 0.6 is 12.4 Å². The first-order chi connectivity index (χ1) is 12.8. The number of hydrogen-bond acceptors (Lipinski definition) is 4. The number of halogens is 1. The Hall–Kier alpha value is -1.15. The van der Waals surface area contributed by atoms with E-state index >= 15 is 0 Å². The van der Waals surface area contributed by atoms with Crippen LogP contribution < -0.4 is 10.6 Å². The van der Waals surface area contributed by atoms with Gasteiger partial charge in [0.1, 0.15) is 0 Å². The smallest absolute Gasteiger partial charge is 0.251 e. The molecule has 0 unspecified atom stereocenters. The largest absolute Gasteiger partial charge is 0.351 e. The minimum Gasteiger partial charge on any atom is -0.351 e. The topological polar surface area (TPSA) is 78.5 Å². The summed E-state index contributed by atoms with van der Waals surface area (Å²) in [5, 5.41) is 6.35. The summed E-state index contributed by atoms with van der Waals surface area (Å²) in [6.07, 6.45) is 4.91. The highest BCUT2D eigenvalue weighted by atomic mass is 35.5. The number of carbonyl (C=O) groups is 1. The second kappa shape index (κ2) is 9.57. The molecule has 0 aliphatic carbocycles. The van der Waals surface area contributed by atoms with Crippen LogP contribution in [0.1, 0.15) is 54.9 Å². The van der Waals surface area contributed by atoms with Crippen LogP contribution in [0.25, 0.3) is 0 Å². The summed E-state index contributed by atoms with van der Waals surface area (Å²) in [4.78, 5) is 12.9. The van der Waals surface area contributed by atoms with Crippen LogP contribution in [0.2, 0.25) is 0 Å². The predicted octanol–water partition coefficient (Wildman–Crippen LogP) is 2.71. The van der Waals surface area contributed by atoms with Crippen LogP contribution in [0, 0.1) is 12.3 Å². The lowest BCUT2D eigenvalue weighted by Crippen LogP contribution is -2.43. The number of benzene rings is 1. The molecule has 1 aromatic rings. The van der Waals surface area contributed by atoms with Crippen molar-refractivity contribution in [1.82, 2.24) is 14.9 Å². The van der Waals surface area contributed by atoms with Gasteiger partial charge in [0, 0.05) is 25.2 Å². The molecule has 2 fully saturated rings. The molecule has 2 heterocycles. The average Bonchev–Trinajstić information content (AvgIpc) is 2.67. The van der Waals surface area contributed by atoms with Crippen molar-refractivity contribution < 1.29 is 13.2 Å². The van der Waals surface area contributed by atoms with Crippen molar-refractivity contribution in [3.8, 4) is 0 Å². The molecule has 0 spiro atoms. The molecule has 0 atom stereocenters. The SMILES string of the molecule is Cc1ccc(C(=O)NCC2(C)CCNCC2)cc1S(=O)(=O)N1CCCCC1.Cl. The summed E-state index contributed by atoms with van der Waals surface area (Å²) in [7, 11) is -3.55. The normalized spacial score (nSPS) is 20.2. The van der Waals surface area contributed by atoms with Gasteiger partial charge in [0.2, 0.25) is 10.0 Å². The van der Waals surface area contributed by atoms with E-state index in [0.29, 0.717) is 30.8 Å². The van der Waals surface area contributed by atoms with Gasteiger partial charge in [-0.2, -0.15) is 4.31 Å². The number of rotatable bonds is 5. The van der Waals surface area contributed by atoms with E-state index in [0.717, 1.165) is 45.2 Å². The quantitative estimate of drug-likeness (QED) is 0.754. The molecular formula is C20H32ClN3O3S. The predicted molar refractivity (Wildman–Crippen MR) is 114 cm³/mol. The van der Waals surface area contributed by atoms with Crippen molar-refractivity contribution >= 4 is 28.3 Å². The number of hydrogen-bond donors (Lipinski definition) is 2.